The number of aryl methyl sites for hydroxylation is 2. The Balaban J connectivity index is 1.99. The largest absolute Gasteiger partial charge is 0.396 e. The molecule has 2 rings (SSSR count). The summed E-state index contributed by atoms with van der Waals surface area (Å²) >= 11 is 0. The molecule has 0 spiro atoms. The monoisotopic (exact) mass is 322 g/mol. The molecule has 1 saturated heterocycles. The lowest BCUT2D eigenvalue weighted by molar-refractivity contribution is 0.0335. The lowest BCUT2D eigenvalue weighted by Gasteiger charge is -2.43. The van der Waals surface area contributed by atoms with Crippen LogP contribution in [0.1, 0.15) is 51.3 Å². The van der Waals surface area contributed by atoms with Gasteiger partial charge in [-0.05, 0) is 18.8 Å². The molecule has 1 unspecified atom stereocenters. The van der Waals surface area contributed by atoms with Crippen molar-refractivity contribution in [3.8, 4) is 0 Å². The lowest BCUT2D eigenvalue weighted by atomic mass is 9.94. The summed E-state index contributed by atoms with van der Waals surface area (Å²) in [5, 5.41) is 9.43. The molecule has 0 aliphatic carbocycles. The van der Waals surface area contributed by atoms with Crippen molar-refractivity contribution in [2.24, 2.45) is 5.41 Å². The molecule has 2 N–H and O–H groups in total. The first kappa shape index (κ1) is 18.4. The fourth-order valence-corrected chi connectivity index (χ4v) is 3.44. The highest BCUT2D eigenvalue weighted by Crippen LogP contribution is 2.22. The van der Waals surface area contributed by atoms with E-state index in [2.05, 4.69) is 49.4 Å². The highest BCUT2D eigenvalue weighted by Gasteiger charge is 2.29. The van der Waals surface area contributed by atoms with Crippen molar-refractivity contribution in [3.63, 3.8) is 0 Å². The minimum absolute atomic E-state index is 0.264. The summed E-state index contributed by atoms with van der Waals surface area (Å²) in [7, 11) is 0. The van der Waals surface area contributed by atoms with Gasteiger partial charge in [0.1, 0.15) is 5.82 Å². The van der Waals surface area contributed by atoms with Crippen molar-refractivity contribution in [2.45, 2.75) is 60.0 Å². The van der Waals surface area contributed by atoms with Crippen molar-refractivity contribution in [2.75, 3.05) is 32.8 Å². The molecule has 5 nitrogen and oxygen atoms in total. The molecule has 132 valence electrons. The zero-order chi connectivity index (χ0) is 17.0. The van der Waals surface area contributed by atoms with E-state index in [4.69, 9.17) is 4.98 Å². The highest BCUT2D eigenvalue weighted by atomic mass is 16.3. The van der Waals surface area contributed by atoms with Crippen LogP contribution in [0.5, 0.6) is 0 Å². The molecule has 23 heavy (non-hydrogen) atoms. The number of hydrogen-bond acceptors (Lipinski definition) is 4. The maximum Gasteiger partial charge on any atom is 0.106 e. The summed E-state index contributed by atoms with van der Waals surface area (Å²) in [6, 6.07) is 0.442. The SMILES string of the molecule is CCc1nc(CN2CCN(CC(C)(C)C)C(CCO)C2)c(C)[nH]1. The van der Waals surface area contributed by atoms with Gasteiger partial charge in [0, 0.05) is 57.5 Å². The molecule has 0 amide bonds. The number of aromatic amines is 1. The fourth-order valence-electron chi connectivity index (χ4n) is 3.44. The Bertz CT molecular complexity index is 492. The number of piperazine rings is 1. The first-order valence-corrected chi connectivity index (χ1v) is 8.94. The fraction of sp³-hybridized carbons (Fsp3) is 0.833. The summed E-state index contributed by atoms with van der Waals surface area (Å²) in [5.74, 6) is 1.08. The smallest absolute Gasteiger partial charge is 0.106 e. The predicted octanol–water partition coefficient (Wildman–Crippen LogP) is 2.20. The van der Waals surface area contributed by atoms with Crippen LogP contribution in [0.15, 0.2) is 0 Å². The second-order valence-electron chi connectivity index (χ2n) is 8.04. The minimum Gasteiger partial charge on any atom is -0.396 e. The van der Waals surface area contributed by atoms with Crippen LogP contribution in [0, 0.1) is 12.3 Å². The molecular formula is C18H34N4O. The molecule has 0 bridgehead atoms. The van der Waals surface area contributed by atoms with Gasteiger partial charge in [0.25, 0.3) is 0 Å². The quantitative estimate of drug-likeness (QED) is 0.843. The van der Waals surface area contributed by atoms with Crippen LogP contribution in [-0.2, 0) is 13.0 Å². The number of aliphatic hydroxyl groups excluding tert-OH is 1. The maximum atomic E-state index is 9.43. The Morgan fingerprint density at radius 1 is 1.30 bits per heavy atom. The van der Waals surface area contributed by atoms with Crippen LogP contribution < -0.4 is 0 Å². The van der Waals surface area contributed by atoms with Crippen molar-refractivity contribution in [1.82, 2.24) is 19.8 Å². The zero-order valence-electron chi connectivity index (χ0n) is 15.5. The third-order valence-electron chi connectivity index (χ3n) is 4.57. The predicted molar refractivity (Wildman–Crippen MR) is 94.5 cm³/mol. The third-order valence-corrected chi connectivity index (χ3v) is 4.57. The summed E-state index contributed by atoms with van der Waals surface area (Å²) < 4.78 is 0. The first-order chi connectivity index (χ1) is 10.8. The van der Waals surface area contributed by atoms with Crippen molar-refractivity contribution in [1.29, 1.82) is 0 Å². The molecule has 5 heteroatoms. The van der Waals surface area contributed by atoms with Gasteiger partial charge in [0.15, 0.2) is 0 Å². The Hall–Kier alpha value is -0.910. The van der Waals surface area contributed by atoms with Crippen LogP contribution in [-0.4, -0.2) is 63.7 Å². The molecular weight excluding hydrogens is 288 g/mol. The zero-order valence-corrected chi connectivity index (χ0v) is 15.5. The second kappa shape index (κ2) is 7.77. The first-order valence-electron chi connectivity index (χ1n) is 8.94. The normalized spacial score (nSPS) is 21.0. The van der Waals surface area contributed by atoms with E-state index >= 15 is 0 Å². The van der Waals surface area contributed by atoms with Crippen LogP contribution in [0.4, 0.5) is 0 Å². The van der Waals surface area contributed by atoms with Gasteiger partial charge in [-0.25, -0.2) is 4.98 Å². The molecule has 1 atom stereocenters. The Morgan fingerprint density at radius 2 is 2.04 bits per heavy atom. The number of aromatic nitrogens is 2. The third kappa shape index (κ3) is 5.30. The number of nitrogens with one attached hydrogen (secondary N) is 1. The van der Waals surface area contributed by atoms with Gasteiger partial charge in [-0.15, -0.1) is 0 Å². The Labute approximate surface area is 141 Å². The van der Waals surface area contributed by atoms with E-state index in [1.54, 1.807) is 0 Å². The number of rotatable bonds is 6. The molecule has 0 aromatic carbocycles. The highest BCUT2D eigenvalue weighted by molar-refractivity contribution is 5.13. The van der Waals surface area contributed by atoms with Gasteiger partial charge < -0.3 is 10.1 Å². The van der Waals surface area contributed by atoms with E-state index in [0.29, 0.717) is 11.5 Å². The molecule has 1 aromatic heterocycles. The van der Waals surface area contributed by atoms with Gasteiger partial charge >= 0.3 is 0 Å². The van der Waals surface area contributed by atoms with E-state index in [0.717, 1.165) is 51.4 Å². The standard InChI is InChI=1S/C18H34N4O/c1-6-17-19-14(2)16(20-17)12-21-8-9-22(13-18(3,4)5)15(11-21)7-10-23/h15,23H,6-13H2,1-5H3,(H,19,20). The van der Waals surface area contributed by atoms with E-state index in [9.17, 15) is 5.11 Å². The second-order valence-corrected chi connectivity index (χ2v) is 8.04. The number of imidazole rings is 1. The summed E-state index contributed by atoms with van der Waals surface area (Å²) in [6.07, 6.45) is 1.81. The van der Waals surface area contributed by atoms with E-state index in [1.165, 1.54) is 11.4 Å². The van der Waals surface area contributed by atoms with Crippen molar-refractivity contribution >= 4 is 0 Å². The molecule has 0 radical (unpaired) electrons. The van der Waals surface area contributed by atoms with Crippen molar-refractivity contribution in [3.05, 3.63) is 17.2 Å². The Morgan fingerprint density at radius 3 is 2.61 bits per heavy atom. The maximum absolute atomic E-state index is 9.43. The van der Waals surface area contributed by atoms with E-state index < -0.39 is 0 Å². The van der Waals surface area contributed by atoms with Gasteiger partial charge in [0.05, 0.1) is 5.69 Å². The number of aliphatic hydroxyl groups is 1. The van der Waals surface area contributed by atoms with Crippen LogP contribution in [0.2, 0.25) is 0 Å². The molecule has 0 saturated carbocycles. The summed E-state index contributed by atoms with van der Waals surface area (Å²) in [5.41, 5.74) is 2.66. The Kier molecular flexibility index (Phi) is 6.23. The minimum atomic E-state index is 0.264. The van der Waals surface area contributed by atoms with Gasteiger partial charge in [-0.3, -0.25) is 9.80 Å². The van der Waals surface area contributed by atoms with Gasteiger partial charge in [-0.2, -0.15) is 0 Å². The molecule has 1 aliphatic rings. The number of nitrogens with zero attached hydrogens (tertiary/aromatic N) is 3. The van der Waals surface area contributed by atoms with E-state index in [-0.39, 0.29) is 6.61 Å². The lowest BCUT2D eigenvalue weighted by Crippen LogP contribution is -2.54. The number of hydrogen-bond donors (Lipinski definition) is 2. The van der Waals surface area contributed by atoms with Gasteiger partial charge in [0.2, 0.25) is 0 Å². The average Bonchev–Trinajstić information content (AvgIpc) is 2.81. The number of H-pyrrole nitrogens is 1. The summed E-state index contributed by atoms with van der Waals surface area (Å²) in [4.78, 5) is 13.1. The topological polar surface area (TPSA) is 55.4 Å². The van der Waals surface area contributed by atoms with E-state index in [1.807, 2.05) is 0 Å². The van der Waals surface area contributed by atoms with Gasteiger partial charge in [-0.1, -0.05) is 27.7 Å². The van der Waals surface area contributed by atoms with Crippen LogP contribution in [0.25, 0.3) is 0 Å². The average molecular weight is 322 g/mol. The molecule has 1 aromatic rings. The van der Waals surface area contributed by atoms with Crippen LogP contribution >= 0.6 is 0 Å². The molecule has 2 heterocycles. The summed E-state index contributed by atoms with van der Waals surface area (Å²) in [6.45, 7) is 16.5. The van der Waals surface area contributed by atoms with Crippen molar-refractivity contribution < 1.29 is 5.11 Å². The molecule has 1 fully saturated rings. The molecule has 1 aliphatic heterocycles. The van der Waals surface area contributed by atoms with Crippen LogP contribution in [0.3, 0.4) is 0 Å².